The highest BCUT2D eigenvalue weighted by atomic mass is 16.7. The van der Waals surface area contributed by atoms with E-state index in [1.165, 1.54) is 83.5 Å². The minimum absolute atomic E-state index is 0.229. The van der Waals surface area contributed by atoms with Crippen LogP contribution < -0.4 is 0 Å². The molecular formula is C43H62O5. The first-order valence-corrected chi connectivity index (χ1v) is 19.0. The van der Waals surface area contributed by atoms with Crippen LogP contribution in [0.25, 0.3) is 0 Å². The van der Waals surface area contributed by atoms with Crippen LogP contribution in [0.5, 0.6) is 0 Å². The maximum absolute atomic E-state index is 6.69. The lowest BCUT2D eigenvalue weighted by atomic mass is 9.98. The maximum Gasteiger partial charge on any atom is 0.186 e. The SMILES string of the molecule is CCCCCCCCCCCCCCCCO[C@H]1O[C@@H](C)[C@@H](OCc2ccccc2)[C@@H](OCc2ccccc2)[C@@H]1OCc1ccccc1. The second kappa shape index (κ2) is 23.8. The largest absolute Gasteiger partial charge is 0.368 e. The van der Waals surface area contributed by atoms with Crippen molar-refractivity contribution in [3.63, 3.8) is 0 Å². The van der Waals surface area contributed by atoms with Crippen LogP contribution in [-0.4, -0.2) is 37.3 Å². The van der Waals surface area contributed by atoms with E-state index >= 15 is 0 Å². The summed E-state index contributed by atoms with van der Waals surface area (Å²) in [7, 11) is 0. The summed E-state index contributed by atoms with van der Waals surface area (Å²) in [5.74, 6) is 0. The van der Waals surface area contributed by atoms with Gasteiger partial charge in [0, 0.05) is 6.61 Å². The van der Waals surface area contributed by atoms with Crippen LogP contribution in [0.4, 0.5) is 0 Å². The average molecular weight is 659 g/mol. The maximum atomic E-state index is 6.69. The van der Waals surface area contributed by atoms with Gasteiger partial charge in [0.05, 0.1) is 25.9 Å². The Morgan fingerprint density at radius 3 is 1.25 bits per heavy atom. The molecule has 3 aromatic rings. The Bertz CT molecular complexity index is 1170. The van der Waals surface area contributed by atoms with Crippen molar-refractivity contribution in [1.29, 1.82) is 0 Å². The molecule has 0 unspecified atom stereocenters. The highest BCUT2D eigenvalue weighted by Crippen LogP contribution is 2.31. The van der Waals surface area contributed by atoms with Crippen LogP contribution >= 0.6 is 0 Å². The van der Waals surface area contributed by atoms with Gasteiger partial charge >= 0.3 is 0 Å². The van der Waals surface area contributed by atoms with E-state index in [0.29, 0.717) is 26.4 Å². The summed E-state index contributed by atoms with van der Waals surface area (Å²) in [6.45, 7) is 6.36. The molecule has 1 fully saturated rings. The van der Waals surface area contributed by atoms with Crippen LogP contribution in [0.3, 0.4) is 0 Å². The van der Waals surface area contributed by atoms with Crippen LogP contribution in [0.15, 0.2) is 91.0 Å². The van der Waals surface area contributed by atoms with Crippen molar-refractivity contribution in [3.05, 3.63) is 108 Å². The van der Waals surface area contributed by atoms with Gasteiger partial charge in [-0.1, -0.05) is 181 Å². The third-order valence-electron chi connectivity index (χ3n) is 9.36. The third-order valence-corrected chi connectivity index (χ3v) is 9.36. The third kappa shape index (κ3) is 14.5. The summed E-state index contributed by atoms with van der Waals surface area (Å²) >= 11 is 0. The minimum Gasteiger partial charge on any atom is -0.368 e. The summed E-state index contributed by atoms with van der Waals surface area (Å²) in [4.78, 5) is 0. The number of ether oxygens (including phenoxy) is 5. The Hall–Kier alpha value is -2.54. The van der Waals surface area contributed by atoms with Crippen molar-refractivity contribution >= 4 is 0 Å². The zero-order valence-corrected chi connectivity index (χ0v) is 29.8. The fourth-order valence-corrected chi connectivity index (χ4v) is 6.50. The molecule has 5 heteroatoms. The molecule has 48 heavy (non-hydrogen) atoms. The Balaban J connectivity index is 1.28. The monoisotopic (exact) mass is 658 g/mol. The van der Waals surface area contributed by atoms with Crippen molar-refractivity contribution in [2.24, 2.45) is 0 Å². The number of unbranched alkanes of at least 4 members (excludes halogenated alkanes) is 13. The molecule has 1 saturated heterocycles. The van der Waals surface area contributed by atoms with Gasteiger partial charge in [0.15, 0.2) is 6.29 Å². The van der Waals surface area contributed by atoms with Crippen LogP contribution in [0.2, 0.25) is 0 Å². The Labute approximate surface area is 291 Å². The van der Waals surface area contributed by atoms with E-state index in [1.807, 2.05) is 54.6 Å². The van der Waals surface area contributed by atoms with Crippen LogP contribution in [-0.2, 0) is 43.5 Å². The zero-order chi connectivity index (χ0) is 33.5. The number of hydrogen-bond donors (Lipinski definition) is 0. The fourth-order valence-electron chi connectivity index (χ4n) is 6.50. The highest BCUT2D eigenvalue weighted by Gasteiger charge is 2.47. The zero-order valence-electron chi connectivity index (χ0n) is 29.8. The number of hydrogen-bond acceptors (Lipinski definition) is 5. The van der Waals surface area contributed by atoms with Crippen molar-refractivity contribution in [3.8, 4) is 0 Å². The molecular weight excluding hydrogens is 596 g/mol. The molecule has 1 aliphatic heterocycles. The van der Waals surface area contributed by atoms with Gasteiger partial charge in [0.1, 0.15) is 18.3 Å². The fraction of sp³-hybridized carbons (Fsp3) is 0.581. The van der Waals surface area contributed by atoms with Crippen molar-refractivity contribution in [2.45, 2.75) is 154 Å². The van der Waals surface area contributed by atoms with E-state index in [2.05, 4.69) is 50.2 Å². The van der Waals surface area contributed by atoms with Gasteiger partial charge in [0.2, 0.25) is 0 Å². The lowest BCUT2D eigenvalue weighted by molar-refractivity contribution is -0.320. The molecule has 5 nitrogen and oxygen atoms in total. The molecule has 5 atom stereocenters. The molecule has 0 saturated carbocycles. The predicted molar refractivity (Wildman–Crippen MR) is 196 cm³/mol. The van der Waals surface area contributed by atoms with Gasteiger partial charge < -0.3 is 23.7 Å². The molecule has 0 N–H and O–H groups in total. The molecule has 0 bridgehead atoms. The Morgan fingerprint density at radius 2 is 0.812 bits per heavy atom. The molecule has 3 aromatic carbocycles. The molecule has 0 aliphatic carbocycles. The molecule has 0 amide bonds. The topological polar surface area (TPSA) is 46.2 Å². The normalized spacial score (nSPS) is 21.0. The van der Waals surface area contributed by atoms with E-state index in [4.69, 9.17) is 23.7 Å². The minimum atomic E-state index is -0.539. The summed E-state index contributed by atoms with van der Waals surface area (Å²) in [6.07, 6.45) is 16.8. The van der Waals surface area contributed by atoms with E-state index < -0.39 is 12.4 Å². The lowest BCUT2D eigenvalue weighted by Crippen LogP contribution is -2.60. The number of benzene rings is 3. The van der Waals surface area contributed by atoms with E-state index in [0.717, 1.165) is 23.1 Å². The first-order chi connectivity index (χ1) is 23.7. The van der Waals surface area contributed by atoms with Crippen molar-refractivity contribution in [1.82, 2.24) is 0 Å². The first-order valence-electron chi connectivity index (χ1n) is 19.0. The summed E-state index contributed by atoms with van der Waals surface area (Å²) in [5.41, 5.74) is 3.33. The van der Waals surface area contributed by atoms with Crippen LogP contribution in [0.1, 0.15) is 120 Å². The van der Waals surface area contributed by atoms with Crippen molar-refractivity contribution < 1.29 is 23.7 Å². The Kier molecular flexibility index (Phi) is 18.9. The van der Waals surface area contributed by atoms with E-state index in [-0.39, 0.29) is 18.3 Å². The van der Waals surface area contributed by atoms with E-state index in [1.54, 1.807) is 0 Å². The van der Waals surface area contributed by atoms with Gasteiger partial charge in [0.25, 0.3) is 0 Å². The van der Waals surface area contributed by atoms with E-state index in [9.17, 15) is 0 Å². The second-order valence-electron chi connectivity index (χ2n) is 13.5. The summed E-state index contributed by atoms with van der Waals surface area (Å²) in [5, 5.41) is 0. The van der Waals surface area contributed by atoms with Crippen LogP contribution in [0, 0.1) is 0 Å². The van der Waals surface area contributed by atoms with Gasteiger partial charge in [-0.05, 0) is 30.0 Å². The smallest absolute Gasteiger partial charge is 0.186 e. The molecule has 264 valence electrons. The molecule has 0 radical (unpaired) electrons. The van der Waals surface area contributed by atoms with Crippen molar-refractivity contribution in [2.75, 3.05) is 6.61 Å². The molecule has 1 aliphatic rings. The molecule has 1 heterocycles. The molecule has 0 spiro atoms. The molecule has 4 rings (SSSR count). The Morgan fingerprint density at radius 1 is 0.438 bits per heavy atom. The number of rotatable bonds is 25. The average Bonchev–Trinajstić information content (AvgIpc) is 3.12. The quantitative estimate of drug-likeness (QED) is 0.0848. The van der Waals surface area contributed by atoms with Gasteiger partial charge in [-0.3, -0.25) is 0 Å². The second-order valence-corrected chi connectivity index (χ2v) is 13.5. The molecule has 0 aromatic heterocycles. The summed E-state index contributed by atoms with van der Waals surface area (Å²) < 4.78 is 32.9. The standard InChI is InChI=1S/C43H62O5/c1-3-4-5-6-7-8-9-10-11-12-13-14-15-25-32-44-43-42(47-35-39-30-23-18-24-31-39)41(46-34-38-28-21-17-22-29-38)40(36(2)48-43)45-33-37-26-19-16-20-27-37/h16-24,26-31,36,40-43H,3-15,25,32-35H2,1-2H3/t36-,40+,41+,42-,43-/m0/s1. The predicted octanol–water partition coefficient (Wildman–Crippen LogP) is 11.0. The lowest BCUT2D eigenvalue weighted by Gasteiger charge is -2.45. The van der Waals surface area contributed by atoms with Gasteiger partial charge in [-0.15, -0.1) is 0 Å². The highest BCUT2D eigenvalue weighted by molar-refractivity contribution is 5.15. The first kappa shape index (κ1) is 38.3. The van der Waals surface area contributed by atoms with Gasteiger partial charge in [-0.2, -0.15) is 0 Å². The van der Waals surface area contributed by atoms with Gasteiger partial charge in [-0.25, -0.2) is 0 Å². The summed E-state index contributed by atoms with van der Waals surface area (Å²) in [6, 6.07) is 30.8.